The minimum Gasteiger partial charge on any atom is -0.395 e. The molecular formula is C16H21ClN4O4S. The number of anilines is 1. The van der Waals surface area contributed by atoms with E-state index in [1.165, 1.54) is 24.3 Å². The van der Waals surface area contributed by atoms with Crippen LogP contribution in [0.2, 0.25) is 0 Å². The molecule has 2 aromatic carbocycles. The van der Waals surface area contributed by atoms with Gasteiger partial charge in [-0.15, -0.1) is 12.4 Å². The van der Waals surface area contributed by atoms with Gasteiger partial charge in [0, 0.05) is 18.8 Å². The molecule has 142 valence electrons. The van der Waals surface area contributed by atoms with Crippen molar-refractivity contribution in [2.75, 3.05) is 31.2 Å². The summed E-state index contributed by atoms with van der Waals surface area (Å²) in [4.78, 5) is 1.87. The van der Waals surface area contributed by atoms with Crippen LogP contribution >= 0.6 is 12.4 Å². The molecular weight excluding hydrogens is 380 g/mol. The van der Waals surface area contributed by atoms with Crippen LogP contribution in [0.15, 0.2) is 63.7 Å². The average Bonchev–Trinajstić information content (AvgIpc) is 2.60. The van der Waals surface area contributed by atoms with E-state index >= 15 is 0 Å². The molecule has 0 aliphatic carbocycles. The van der Waals surface area contributed by atoms with E-state index in [1.807, 2.05) is 17.0 Å². The van der Waals surface area contributed by atoms with Gasteiger partial charge in [-0.2, -0.15) is 10.2 Å². The lowest BCUT2D eigenvalue weighted by atomic mass is 10.2. The van der Waals surface area contributed by atoms with Crippen molar-refractivity contribution in [3.63, 3.8) is 0 Å². The zero-order valence-corrected chi connectivity index (χ0v) is 15.5. The van der Waals surface area contributed by atoms with Gasteiger partial charge in [-0.1, -0.05) is 0 Å². The summed E-state index contributed by atoms with van der Waals surface area (Å²) in [6, 6.07) is 12.9. The van der Waals surface area contributed by atoms with E-state index in [1.54, 1.807) is 12.1 Å². The number of nitrogens with zero attached hydrogens (tertiary/aromatic N) is 3. The van der Waals surface area contributed by atoms with Crippen LogP contribution in [0.3, 0.4) is 0 Å². The lowest BCUT2D eigenvalue weighted by Gasteiger charge is -2.22. The van der Waals surface area contributed by atoms with E-state index < -0.39 is 10.0 Å². The molecule has 0 atom stereocenters. The highest BCUT2D eigenvalue weighted by atomic mass is 35.5. The van der Waals surface area contributed by atoms with Gasteiger partial charge in [0.05, 0.1) is 29.5 Å². The maximum atomic E-state index is 11.2. The zero-order valence-electron chi connectivity index (χ0n) is 13.9. The van der Waals surface area contributed by atoms with E-state index in [4.69, 9.17) is 15.4 Å². The van der Waals surface area contributed by atoms with E-state index in [9.17, 15) is 8.42 Å². The van der Waals surface area contributed by atoms with Crippen LogP contribution < -0.4 is 10.0 Å². The van der Waals surface area contributed by atoms with Crippen LogP contribution in [-0.4, -0.2) is 44.9 Å². The Balaban J connectivity index is 0.00000338. The van der Waals surface area contributed by atoms with Crippen molar-refractivity contribution < 1.29 is 18.6 Å². The Hall–Kier alpha value is -2.04. The fourth-order valence-corrected chi connectivity index (χ4v) is 2.67. The smallest absolute Gasteiger partial charge is 0.238 e. The summed E-state index contributed by atoms with van der Waals surface area (Å²) in [7, 11) is -3.72. The van der Waals surface area contributed by atoms with Crippen molar-refractivity contribution >= 4 is 39.5 Å². The molecule has 0 aliphatic rings. The fourth-order valence-electron chi connectivity index (χ4n) is 2.16. The lowest BCUT2D eigenvalue weighted by Crippen LogP contribution is -2.29. The monoisotopic (exact) mass is 400 g/mol. The van der Waals surface area contributed by atoms with Crippen LogP contribution in [0.4, 0.5) is 17.1 Å². The molecule has 0 fully saturated rings. The van der Waals surface area contributed by atoms with Gasteiger partial charge in [-0.05, 0) is 48.5 Å². The van der Waals surface area contributed by atoms with Crippen molar-refractivity contribution in [2.45, 2.75) is 4.90 Å². The van der Waals surface area contributed by atoms with Gasteiger partial charge in [0.2, 0.25) is 10.0 Å². The molecule has 0 aliphatic heterocycles. The number of hydrogen-bond acceptors (Lipinski definition) is 7. The Morgan fingerprint density at radius 3 is 1.65 bits per heavy atom. The highest BCUT2D eigenvalue weighted by Crippen LogP contribution is 2.23. The minimum atomic E-state index is -3.72. The summed E-state index contributed by atoms with van der Waals surface area (Å²) in [6.07, 6.45) is 0. The molecule has 0 heterocycles. The summed E-state index contributed by atoms with van der Waals surface area (Å²) in [5.41, 5.74) is 1.98. The second kappa shape index (κ2) is 10.2. The number of aliphatic hydroxyl groups is 2. The SMILES string of the molecule is Cl.NS(=O)(=O)c1ccc(N=Nc2ccc(N(CCO)CCO)cc2)cc1. The number of benzene rings is 2. The highest BCUT2D eigenvalue weighted by molar-refractivity contribution is 7.89. The first-order chi connectivity index (χ1) is 11.9. The average molecular weight is 401 g/mol. The molecule has 4 N–H and O–H groups in total. The van der Waals surface area contributed by atoms with Gasteiger partial charge in [-0.25, -0.2) is 13.6 Å². The van der Waals surface area contributed by atoms with Crippen molar-refractivity contribution in [2.24, 2.45) is 15.4 Å². The Labute approximate surface area is 158 Å². The van der Waals surface area contributed by atoms with Crippen LogP contribution in [0.25, 0.3) is 0 Å². The topological polar surface area (TPSA) is 129 Å². The molecule has 10 heteroatoms. The van der Waals surface area contributed by atoms with Gasteiger partial charge < -0.3 is 15.1 Å². The number of hydrogen-bond donors (Lipinski definition) is 3. The van der Waals surface area contributed by atoms with Crippen LogP contribution in [0.5, 0.6) is 0 Å². The number of sulfonamides is 1. The number of nitrogens with two attached hydrogens (primary N) is 1. The van der Waals surface area contributed by atoms with Crippen molar-refractivity contribution in [3.05, 3.63) is 48.5 Å². The Bertz CT molecular complexity index is 805. The van der Waals surface area contributed by atoms with Crippen LogP contribution in [-0.2, 0) is 10.0 Å². The van der Waals surface area contributed by atoms with Gasteiger partial charge in [0.15, 0.2) is 0 Å². The number of halogens is 1. The third kappa shape index (κ3) is 6.36. The molecule has 0 radical (unpaired) electrons. The summed E-state index contributed by atoms with van der Waals surface area (Å²) < 4.78 is 22.4. The standard InChI is InChI=1S/C16H20N4O4S.ClH/c17-25(23,24)16-7-3-14(4-8-16)19-18-13-1-5-15(6-2-13)20(9-11-21)10-12-22;/h1-8,21-22H,9-12H2,(H2,17,23,24);1H. The molecule has 0 saturated heterocycles. The first kappa shape index (κ1) is 22.0. The van der Waals surface area contributed by atoms with Gasteiger partial charge in [0.25, 0.3) is 0 Å². The molecule has 0 aromatic heterocycles. The van der Waals surface area contributed by atoms with Gasteiger partial charge in [-0.3, -0.25) is 0 Å². The predicted molar refractivity (Wildman–Crippen MR) is 102 cm³/mol. The predicted octanol–water partition coefficient (Wildman–Crippen LogP) is 1.96. The molecule has 0 unspecified atom stereocenters. The fraction of sp³-hybridized carbons (Fsp3) is 0.250. The summed E-state index contributed by atoms with van der Waals surface area (Å²) >= 11 is 0. The van der Waals surface area contributed by atoms with E-state index in [-0.39, 0.29) is 30.5 Å². The molecule has 0 amide bonds. The number of azo groups is 1. The Kier molecular flexibility index (Phi) is 8.62. The Morgan fingerprint density at radius 2 is 1.27 bits per heavy atom. The number of primary sulfonamides is 1. The highest BCUT2D eigenvalue weighted by Gasteiger charge is 2.07. The molecule has 0 spiro atoms. The normalized spacial score (nSPS) is 11.3. The zero-order chi connectivity index (χ0) is 18.3. The number of aliphatic hydroxyl groups excluding tert-OH is 2. The molecule has 0 saturated carbocycles. The molecule has 0 bridgehead atoms. The van der Waals surface area contributed by atoms with Crippen molar-refractivity contribution in [1.82, 2.24) is 0 Å². The third-order valence-corrected chi connectivity index (χ3v) is 4.33. The lowest BCUT2D eigenvalue weighted by molar-refractivity contribution is 0.281. The van der Waals surface area contributed by atoms with E-state index in [2.05, 4.69) is 10.2 Å². The summed E-state index contributed by atoms with van der Waals surface area (Å²) in [6.45, 7) is 0.849. The van der Waals surface area contributed by atoms with Crippen molar-refractivity contribution in [3.8, 4) is 0 Å². The number of rotatable bonds is 8. The second-order valence-corrected chi connectivity index (χ2v) is 6.75. The first-order valence-electron chi connectivity index (χ1n) is 7.55. The van der Waals surface area contributed by atoms with E-state index in [0.29, 0.717) is 24.5 Å². The molecule has 2 aromatic rings. The third-order valence-electron chi connectivity index (χ3n) is 3.40. The van der Waals surface area contributed by atoms with Crippen molar-refractivity contribution in [1.29, 1.82) is 0 Å². The summed E-state index contributed by atoms with van der Waals surface area (Å²) in [5.74, 6) is 0. The maximum Gasteiger partial charge on any atom is 0.238 e. The van der Waals surface area contributed by atoms with Crippen LogP contribution in [0.1, 0.15) is 0 Å². The summed E-state index contributed by atoms with van der Waals surface area (Å²) in [5, 5.41) is 31.3. The maximum absolute atomic E-state index is 11.2. The minimum absolute atomic E-state index is 0. The largest absolute Gasteiger partial charge is 0.395 e. The quantitative estimate of drug-likeness (QED) is 0.583. The Morgan fingerprint density at radius 1 is 0.846 bits per heavy atom. The van der Waals surface area contributed by atoms with E-state index in [0.717, 1.165) is 5.69 Å². The molecule has 2 rings (SSSR count). The second-order valence-electron chi connectivity index (χ2n) is 5.19. The molecule has 26 heavy (non-hydrogen) atoms. The van der Waals surface area contributed by atoms with Gasteiger partial charge >= 0.3 is 0 Å². The molecule has 8 nitrogen and oxygen atoms in total. The van der Waals surface area contributed by atoms with Gasteiger partial charge in [0.1, 0.15) is 0 Å². The first-order valence-corrected chi connectivity index (χ1v) is 9.10. The van der Waals surface area contributed by atoms with Crippen LogP contribution in [0, 0.1) is 0 Å².